The molecule has 1 amide bonds. The summed E-state index contributed by atoms with van der Waals surface area (Å²) in [5.41, 5.74) is 0.390. The number of ether oxygens (including phenoxy) is 1. The van der Waals surface area contributed by atoms with Crippen LogP contribution in [-0.4, -0.2) is 44.3 Å². The molecule has 0 aromatic heterocycles. The average molecular weight is 295 g/mol. The van der Waals surface area contributed by atoms with Gasteiger partial charge in [0.1, 0.15) is 24.4 Å². The number of nitrogens with one attached hydrogen (secondary N) is 2. The lowest BCUT2D eigenvalue weighted by atomic mass is 10.0. The van der Waals surface area contributed by atoms with Gasteiger partial charge in [0.2, 0.25) is 5.91 Å². The standard InChI is InChI=1S/C16H23FN2O2/c1-16(2,19-7-9-21-10-8-19)12-18-15(20)11-13-5-3-4-6-14(13)17/h3-6H,7-12H2,1-2H3,(H,18,20)/p+1. The average Bonchev–Trinajstić information content (AvgIpc) is 2.49. The Bertz CT molecular complexity index is 485. The van der Waals surface area contributed by atoms with Crippen molar-refractivity contribution < 1.29 is 18.8 Å². The van der Waals surface area contributed by atoms with Gasteiger partial charge in [-0.3, -0.25) is 4.79 Å². The van der Waals surface area contributed by atoms with E-state index in [9.17, 15) is 9.18 Å². The van der Waals surface area contributed by atoms with E-state index in [0.717, 1.165) is 26.3 Å². The summed E-state index contributed by atoms with van der Waals surface area (Å²) in [6.45, 7) is 8.29. The number of rotatable bonds is 5. The third kappa shape index (κ3) is 4.51. The highest BCUT2D eigenvalue weighted by Crippen LogP contribution is 2.07. The van der Waals surface area contributed by atoms with Crippen LogP contribution in [0.5, 0.6) is 0 Å². The largest absolute Gasteiger partial charge is 0.370 e. The molecule has 2 N–H and O–H groups in total. The molecule has 1 aliphatic heterocycles. The second-order valence-corrected chi connectivity index (χ2v) is 6.14. The maximum absolute atomic E-state index is 13.5. The van der Waals surface area contributed by atoms with E-state index in [1.165, 1.54) is 11.0 Å². The number of carbonyl (C=O) groups excluding carboxylic acids is 1. The van der Waals surface area contributed by atoms with E-state index >= 15 is 0 Å². The highest BCUT2D eigenvalue weighted by atomic mass is 19.1. The van der Waals surface area contributed by atoms with E-state index in [0.29, 0.717) is 12.1 Å². The van der Waals surface area contributed by atoms with Crippen molar-refractivity contribution in [2.24, 2.45) is 0 Å². The minimum Gasteiger partial charge on any atom is -0.370 e. The molecule has 0 spiro atoms. The van der Waals surface area contributed by atoms with Crippen molar-refractivity contribution in [3.8, 4) is 0 Å². The predicted octanol–water partition coefficient (Wildman–Crippen LogP) is 0.178. The van der Waals surface area contributed by atoms with Gasteiger partial charge in [-0.2, -0.15) is 0 Å². The van der Waals surface area contributed by atoms with E-state index < -0.39 is 0 Å². The summed E-state index contributed by atoms with van der Waals surface area (Å²) in [6, 6.07) is 6.40. The second kappa shape index (κ2) is 7.00. The normalized spacial score (nSPS) is 16.7. The highest BCUT2D eigenvalue weighted by Gasteiger charge is 2.32. The first-order valence-corrected chi connectivity index (χ1v) is 7.42. The molecule has 0 radical (unpaired) electrons. The van der Waals surface area contributed by atoms with Gasteiger partial charge in [-0.1, -0.05) is 18.2 Å². The minimum atomic E-state index is -0.328. The number of carbonyl (C=O) groups is 1. The van der Waals surface area contributed by atoms with Gasteiger partial charge in [-0.25, -0.2) is 4.39 Å². The molecule has 0 bridgehead atoms. The van der Waals surface area contributed by atoms with Crippen LogP contribution in [-0.2, 0) is 16.0 Å². The molecule has 0 atom stereocenters. The lowest BCUT2D eigenvalue weighted by molar-refractivity contribution is -0.954. The second-order valence-electron chi connectivity index (χ2n) is 6.14. The third-order valence-corrected chi connectivity index (χ3v) is 4.09. The molecule has 0 unspecified atom stereocenters. The number of morpholine rings is 1. The van der Waals surface area contributed by atoms with Crippen molar-refractivity contribution in [2.45, 2.75) is 25.8 Å². The summed E-state index contributed by atoms with van der Waals surface area (Å²) in [7, 11) is 0. The van der Waals surface area contributed by atoms with Crippen LogP contribution in [0.2, 0.25) is 0 Å². The fourth-order valence-electron chi connectivity index (χ4n) is 2.62. The van der Waals surface area contributed by atoms with Gasteiger partial charge in [0.25, 0.3) is 0 Å². The summed E-state index contributed by atoms with van der Waals surface area (Å²) in [5, 5.41) is 2.93. The van der Waals surface area contributed by atoms with Crippen LogP contribution >= 0.6 is 0 Å². The molecule has 1 aromatic rings. The topological polar surface area (TPSA) is 42.8 Å². The van der Waals surface area contributed by atoms with E-state index in [4.69, 9.17) is 4.74 Å². The van der Waals surface area contributed by atoms with Crippen LogP contribution in [0.4, 0.5) is 4.39 Å². The molecule has 4 nitrogen and oxygen atoms in total. The molecule has 0 aliphatic carbocycles. The van der Waals surface area contributed by atoms with Gasteiger partial charge in [-0.15, -0.1) is 0 Å². The van der Waals surface area contributed by atoms with Crippen LogP contribution in [0.1, 0.15) is 19.4 Å². The lowest BCUT2D eigenvalue weighted by Gasteiger charge is -2.37. The smallest absolute Gasteiger partial charge is 0.224 e. The molecule has 21 heavy (non-hydrogen) atoms. The fraction of sp³-hybridized carbons (Fsp3) is 0.562. The SMILES string of the molecule is CC(C)(CNC(=O)Cc1ccccc1F)[NH+]1CCOCC1. The first kappa shape index (κ1) is 15.9. The molecule has 1 heterocycles. The zero-order valence-electron chi connectivity index (χ0n) is 12.7. The lowest BCUT2D eigenvalue weighted by Crippen LogP contribution is -3.22. The Morgan fingerprint density at radius 2 is 2.00 bits per heavy atom. The molecule has 116 valence electrons. The zero-order valence-corrected chi connectivity index (χ0v) is 12.7. The number of benzene rings is 1. The van der Waals surface area contributed by atoms with Gasteiger partial charge < -0.3 is 15.0 Å². The number of hydrogen-bond acceptors (Lipinski definition) is 2. The summed E-state index contributed by atoms with van der Waals surface area (Å²) in [4.78, 5) is 13.4. The van der Waals surface area contributed by atoms with Crippen molar-refractivity contribution in [3.05, 3.63) is 35.6 Å². The van der Waals surface area contributed by atoms with E-state index in [1.54, 1.807) is 18.2 Å². The van der Waals surface area contributed by atoms with Crippen molar-refractivity contribution in [3.63, 3.8) is 0 Å². The van der Waals surface area contributed by atoms with Crippen molar-refractivity contribution in [1.82, 2.24) is 5.32 Å². The maximum atomic E-state index is 13.5. The molecular formula is C16H24FN2O2+. The molecule has 0 saturated carbocycles. The Kier molecular flexibility index (Phi) is 5.31. The van der Waals surface area contributed by atoms with Crippen molar-refractivity contribution >= 4 is 5.91 Å². The third-order valence-electron chi connectivity index (χ3n) is 4.09. The first-order valence-electron chi connectivity index (χ1n) is 7.42. The van der Waals surface area contributed by atoms with Gasteiger partial charge in [-0.05, 0) is 25.5 Å². The summed E-state index contributed by atoms with van der Waals surface area (Å²) >= 11 is 0. The fourth-order valence-corrected chi connectivity index (χ4v) is 2.62. The van der Waals surface area contributed by atoms with Crippen LogP contribution in [0, 0.1) is 5.82 Å². The molecular weight excluding hydrogens is 271 g/mol. The number of halogens is 1. The molecule has 5 heteroatoms. The van der Waals surface area contributed by atoms with Gasteiger partial charge >= 0.3 is 0 Å². The van der Waals surface area contributed by atoms with E-state index in [1.807, 2.05) is 0 Å². The Labute approximate surface area is 125 Å². The monoisotopic (exact) mass is 295 g/mol. The molecule has 1 saturated heterocycles. The Morgan fingerprint density at radius 3 is 2.67 bits per heavy atom. The van der Waals surface area contributed by atoms with Crippen LogP contribution in [0.15, 0.2) is 24.3 Å². The Hall–Kier alpha value is -1.46. The van der Waals surface area contributed by atoms with Crippen molar-refractivity contribution in [1.29, 1.82) is 0 Å². The number of hydrogen-bond donors (Lipinski definition) is 2. The maximum Gasteiger partial charge on any atom is 0.224 e. The van der Waals surface area contributed by atoms with Gasteiger partial charge in [0, 0.05) is 0 Å². The Morgan fingerprint density at radius 1 is 1.33 bits per heavy atom. The highest BCUT2D eigenvalue weighted by molar-refractivity contribution is 5.78. The summed E-state index contributed by atoms with van der Waals surface area (Å²) < 4.78 is 18.9. The first-order chi connectivity index (χ1) is 9.99. The molecule has 1 fully saturated rings. The van der Waals surface area contributed by atoms with Crippen LogP contribution in [0.25, 0.3) is 0 Å². The number of quaternary nitrogens is 1. The summed E-state index contributed by atoms with van der Waals surface area (Å²) in [5.74, 6) is -0.466. The molecule has 2 rings (SSSR count). The van der Waals surface area contributed by atoms with Crippen LogP contribution < -0.4 is 10.2 Å². The zero-order chi connectivity index (χ0) is 15.3. The predicted molar refractivity (Wildman–Crippen MR) is 78.7 cm³/mol. The minimum absolute atomic E-state index is 0.0470. The van der Waals surface area contributed by atoms with Gasteiger partial charge in [0.05, 0.1) is 26.2 Å². The quantitative estimate of drug-likeness (QED) is 0.814. The van der Waals surface area contributed by atoms with Crippen LogP contribution in [0.3, 0.4) is 0 Å². The molecule has 1 aliphatic rings. The number of amides is 1. The van der Waals surface area contributed by atoms with E-state index in [-0.39, 0.29) is 23.7 Å². The van der Waals surface area contributed by atoms with Gasteiger partial charge in [0.15, 0.2) is 0 Å². The Balaban J connectivity index is 1.84. The summed E-state index contributed by atoms with van der Waals surface area (Å²) in [6.07, 6.45) is 0.0845. The van der Waals surface area contributed by atoms with Crippen molar-refractivity contribution in [2.75, 3.05) is 32.8 Å². The van der Waals surface area contributed by atoms with E-state index in [2.05, 4.69) is 19.2 Å². The molecule has 1 aromatic carbocycles.